The van der Waals surface area contributed by atoms with Gasteiger partial charge in [-0.1, -0.05) is 27.7 Å². The summed E-state index contributed by atoms with van der Waals surface area (Å²) < 4.78 is 43.2. The minimum atomic E-state index is -1.84. The van der Waals surface area contributed by atoms with Crippen LogP contribution in [0.5, 0.6) is 0 Å². The summed E-state index contributed by atoms with van der Waals surface area (Å²) in [7, 11) is 0. The average molecular weight is 937 g/mol. The Bertz CT molecular complexity index is 1610. The van der Waals surface area contributed by atoms with E-state index in [0.717, 1.165) is 25.7 Å². The third kappa shape index (κ3) is 8.47. The molecule has 0 aromatic carbocycles. The highest BCUT2D eigenvalue weighted by atomic mass is 16.7. The summed E-state index contributed by atoms with van der Waals surface area (Å²) in [5.41, 5.74) is -1.85. The molecular weight excluding hydrogens is 860 g/mol. The molecule has 27 atom stereocenters. The maximum absolute atomic E-state index is 12.4. The first-order valence-corrected chi connectivity index (χ1v) is 23.9. The zero-order valence-corrected chi connectivity index (χ0v) is 37.9. The molecule has 0 aromatic rings. The van der Waals surface area contributed by atoms with E-state index < -0.39 is 141 Å². The van der Waals surface area contributed by atoms with Crippen molar-refractivity contribution in [2.75, 3.05) is 26.4 Å². The van der Waals surface area contributed by atoms with Gasteiger partial charge in [0.25, 0.3) is 0 Å². The second-order valence-corrected chi connectivity index (χ2v) is 21.6. The van der Waals surface area contributed by atoms with Crippen LogP contribution >= 0.6 is 0 Å². The Kier molecular flexibility index (Phi) is 14.8. The summed E-state index contributed by atoms with van der Waals surface area (Å²) in [6.07, 6.45) is -17.7. The zero-order chi connectivity index (χ0) is 47.1. The minimum Gasteiger partial charge on any atom is -0.394 e. The van der Waals surface area contributed by atoms with Gasteiger partial charge in [0.05, 0.1) is 44.2 Å². The first-order valence-electron chi connectivity index (χ1n) is 23.9. The van der Waals surface area contributed by atoms with Gasteiger partial charge >= 0.3 is 0 Å². The zero-order valence-electron chi connectivity index (χ0n) is 37.9. The number of rotatable bonds is 13. The smallest absolute Gasteiger partial charge is 0.187 e. The van der Waals surface area contributed by atoms with Crippen molar-refractivity contribution in [1.29, 1.82) is 0 Å². The molecule has 0 spiro atoms. The minimum absolute atomic E-state index is 0.0723. The lowest BCUT2D eigenvalue weighted by Crippen LogP contribution is -2.69. The molecule has 65 heavy (non-hydrogen) atoms. The van der Waals surface area contributed by atoms with Gasteiger partial charge in [-0.15, -0.1) is 0 Å². The van der Waals surface area contributed by atoms with Crippen LogP contribution in [0.1, 0.15) is 91.9 Å². The molecule has 0 amide bonds. The Hall–Kier alpha value is -0.800. The molecule has 0 bridgehead atoms. The third-order valence-electron chi connectivity index (χ3n) is 18.1. The van der Waals surface area contributed by atoms with E-state index in [4.69, 9.17) is 33.2 Å². The molecular formula is C45H76O20. The van der Waals surface area contributed by atoms with Crippen LogP contribution in [0.15, 0.2) is 0 Å². The van der Waals surface area contributed by atoms with Crippen molar-refractivity contribution in [3.05, 3.63) is 0 Å². The van der Waals surface area contributed by atoms with E-state index in [1.165, 1.54) is 0 Å². The molecule has 0 aromatic heterocycles. The second-order valence-electron chi connectivity index (χ2n) is 21.6. The molecule has 4 aliphatic heterocycles. The summed E-state index contributed by atoms with van der Waals surface area (Å²) >= 11 is 0. The van der Waals surface area contributed by atoms with E-state index in [-0.39, 0.29) is 48.2 Å². The normalized spacial score (nSPS) is 56.1. The lowest BCUT2D eigenvalue weighted by molar-refractivity contribution is -0.386. The van der Waals surface area contributed by atoms with Crippen molar-refractivity contribution >= 4 is 0 Å². The van der Waals surface area contributed by atoms with E-state index in [1.54, 1.807) is 0 Å². The summed E-state index contributed by atoms with van der Waals surface area (Å²) in [4.78, 5) is 0. The highest BCUT2D eigenvalue weighted by Crippen LogP contribution is 2.74. The van der Waals surface area contributed by atoms with Crippen molar-refractivity contribution in [2.24, 2.45) is 46.3 Å². The van der Waals surface area contributed by atoms with Crippen LogP contribution in [0.4, 0.5) is 0 Å². The molecule has 20 nitrogen and oxygen atoms in total. The molecule has 4 saturated heterocycles. The second kappa shape index (κ2) is 19.1. The van der Waals surface area contributed by atoms with E-state index in [9.17, 15) is 66.4 Å². The van der Waals surface area contributed by atoms with Gasteiger partial charge in [-0.3, -0.25) is 0 Å². The van der Waals surface area contributed by atoms with Gasteiger partial charge in [0, 0.05) is 30.1 Å². The van der Waals surface area contributed by atoms with Crippen molar-refractivity contribution in [3.8, 4) is 0 Å². The fraction of sp³-hybridized carbons (Fsp3) is 1.00. The van der Waals surface area contributed by atoms with Crippen molar-refractivity contribution in [3.63, 3.8) is 0 Å². The molecule has 4 saturated carbocycles. The van der Waals surface area contributed by atoms with E-state index >= 15 is 0 Å². The van der Waals surface area contributed by atoms with Crippen LogP contribution in [0, 0.1) is 46.3 Å². The fourth-order valence-electron chi connectivity index (χ4n) is 14.3. The predicted octanol–water partition coefficient (Wildman–Crippen LogP) is -2.66. The molecule has 8 rings (SSSR count). The molecule has 4 aliphatic carbocycles. The summed E-state index contributed by atoms with van der Waals surface area (Å²) in [5.74, 6) is -2.04. The molecule has 8 aliphatic rings. The Labute approximate surface area is 379 Å². The maximum Gasteiger partial charge on any atom is 0.187 e. The molecule has 20 heteroatoms. The van der Waals surface area contributed by atoms with Crippen molar-refractivity contribution < 1.29 is 99.5 Å². The Morgan fingerprint density at radius 1 is 0.662 bits per heavy atom. The number of aliphatic hydroxyl groups excluding tert-OH is 12. The molecule has 4 heterocycles. The monoisotopic (exact) mass is 936 g/mol. The Balaban J connectivity index is 1.04. The number of fused-ring (bicyclic) bond motifs is 7. The lowest BCUT2D eigenvalue weighted by atomic mass is 9.43. The topological polar surface area (TPSA) is 328 Å². The SMILES string of the molecule is C[C@@H](CC[C@@]1(O)O[C@H]2CC3(O[C@@H]4O[C@H](CO)[C@H](O)[C@H](O[C@@H]5O[C@H](CO)[C@@H](O)[C@H](O)[C@H]5O)[C@H]4O)[C@@H]4CC[C@@H]5C[C@@H](O)CC[C@]5(C)[C@H]4CC[C@]3(C)[C@H]2[C@@H]1C)CO[C@@H]1O[C@H](CO)[C@@H](O)[C@H](O)[C@H]1O. The van der Waals surface area contributed by atoms with Crippen LogP contribution < -0.4 is 0 Å². The predicted molar refractivity (Wildman–Crippen MR) is 220 cm³/mol. The van der Waals surface area contributed by atoms with Crippen LogP contribution in [0.2, 0.25) is 0 Å². The van der Waals surface area contributed by atoms with E-state index in [0.29, 0.717) is 38.0 Å². The average Bonchev–Trinajstić information content (AvgIpc) is 3.68. The maximum atomic E-state index is 12.4. The fourth-order valence-corrected chi connectivity index (χ4v) is 14.3. The standard InChI is InChI=1S/C45H76O20/c1-19(18-59-39-35(55)33(53)30(50)26(15-46)60-39)7-12-45(58)20(2)29-25(64-45)14-44(24-6-5-21-13-22(49)8-10-42(21,3)23(24)9-11-43(29,44)4)65-41-37(57)38(32(52)28(17-48)62-41)63-40-36(56)34(54)31(51)27(16-47)61-40/h19-41,46-58H,5-18H2,1-4H3/t19-,20-,21+,22-,23-,24+,25-,26+,27+,28+,29-,30+,31+,32-,33-,34-,35+,36+,37+,38-,39+,40-,41-,42-,43+,44?,45+/m0/s1. The van der Waals surface area contributed by atoms with Crippen LogP contribution in [0.3, 0.4) is 0 Å². The molecule has 376 valence electrons. The van der Waals surface area contributed by atoms with Gasteiger partial charge in [0.2, 0.25) is 0 Å². The van der Waals surface area contributed by atoms with Crippen LogP contribution in [-0.4, -0.2) is 209 Å². The van der Waals surface area contributed by atoms with Crippen LogP contribution in [-0.2, 0) is 33.2 Å². The Morgan fingerprint density at radius 3 is 1.91 bits per heavy atom. The molecule has 8 fully saturated rings. The summed E-state index contributed by atoms with van der Waals surface area (Å²) in [5, 5.41) is 139. The quantitative estimate of drug-likeness (QED) is 0.0896. The third-order valence-corrected chi connectivity index (χ3v) is 18.1. The van der Waals surface area contributed by atoms with Gasteiger partial charge in [-0.05, 0) is 80.5 Å². The van der Waals surface area contributed by atoms with Crippen molar-refractivity contribution in [2.45, 2.75) is 208 Å². The van der Waals surface area contributed by atoms with E-state index in [1.807, 2.05) is 13.8 Å². The van der Waals surface area contributed by atoms with Gasteiger partial charge in [0.1, 0.15) is 73.2 Å². The largest absolute Gasteiger partial charge is 0.394 e. The number of aliphatic hydroxyl groups is 13. The number of hydrogen-bond acceptors (Lipinski definition) is 20. The highest BCUT2D eigenvalue weighted by Gasteiger charge is 2.76. The van der Waals surface area contributed by atoms with Crippen LogP contribution in [0.25, 0.3) is 0 Å². The number of hydrogen-bond donors (Lipinski definition) is 13. The first-order chi connectivity index (χ1) is 30.7. The van der Waals surface area contributed by atoms with Gasteiger partial charge in [-0.25, -0.2) is 0 Å². The van der Waals surface area contributed by atoms with Gasteiger partial charge in [0.15, 0.2) is 24.7 Å². The first kappa shape index (κ1) is 50.6. The molecule has 13 N–H and O–H groups in total. The number of ether oxygens (including phenoxy) is 7. The molecule has 1 unspecified atom stereocenters. The summed E-state index contributed by atoms with van der Waals surface area (Å²) in [6, 6.07) is 0. The van der Waals surface area contributed by atoms with Crippen molar-refractivity contribution in [1.82, 2.24) is 0 Å². The molecule has 0 radical (unpaired) electrons. The highest BCUT2D eigenvalue weighted by molar-refractivity contribution is 5.23. The van der Waals surface area contributed by atoms with E-state index in [2.05, 4.69) is 13.8 Å². The van der Waals surface area contributed by atoms with Gasteiger partial charge in [-0.2, -0.15) is 0 Å². The van der Waals surface area contributed by atoms with Gasteiger partial charge < -0.3 is 99.5 Å². The summed E-state index contributed by atoms with van der Waals surface area (Å²) in [6.45, 7) is 6.41. The Morgan fingerprint density at radius 2 is 1.26 bits per heavy atom. The lowest BCUT2D eigenvalue weighted by Gasteiger charge is -2.65.